The fraction of sp³-hybridized carbons (Fsp3) is 0.486. The van der Waals surface area contributed by atoms with Gasteiger partial charge in [0.25, 0.3) is 0 Å². The van der Waals surface area contributed by atoms with E-state index in [9.17, 15) is 42.3 Å². The van der Waals surface area contributed by atoms with E-state index < -0.39 is 102 Å². The molecule has 0 bridgehead atoms. The van der Waals surface area contributed by atoms with Crippen molar-refractivity contribution in [3.63, 3.8) is 0 Å². The summed E-state index contributed by atoms with van der Waals surface area (Å²) in [5.74, 6) is -6.14. The van der Waals surface area contributed by atoms with Crippen LogP contribution in [0.1, 0.15) is 52.0 Å². The Kier molecular flexibility index (Phi) is 13.3. The number of anilines is 1. The number of urea groups is 1. The van der Waals surface area contributed by atoms with Crippen LogP contribution in [-0.2, 0) is 39.9 Å². The molecule has 3 fully saturated rings. The molecule has 4 N–H and O–H groups in total. The summed E-state index contributed by atoms with van der Waals surface area (Å²) in [4.78, 5) is 99.7. The SMILES string of the molecule is CC1C(=O)N[C@@H](C)C(=O)N2CCCC2C(=O)O[C@@H](C)[C@H](NC(=O)[C@H](Cc2cc(F)cc(F)c2)NC(=O)Nc2ccc(I)cc2)C(=O)N2CCC[C@H]2C(=O)N1C. The summed E-state index contributed by atoms with van der Waals surface area (Å²) in [5.41, 5.74) is 0.403. The summed E-state index contributed by atoms with van der Waals surface area (Å²) in [6.45, 7) is 4.65. The number of hydrogen-bond acceptors (Lipinski definition) is 8. The Bertz CT molecular complexity index is 1810. The number of amides is 7. The highest BCUT2D eigenvalue weighted by Crippen LogP contribution is 2.25. The van der Waals surface area contributed by atoms with Crippen LogP contribution in [0.3, 0.4) is 0 Å². The van der Waals surface area contributed by atoms with E-state index in [-0.39, 0.29) is 31.5 Å². The fourth-order valence-corrected chi connectivity index (χ4v) is 7.34. The predicted molar refractivity (Wildman–Crippen MR) is 202 cm³/mol. The number of cyclic esters (lactones) is 1. The third kappa shape index (κ3) is 9.87. The molecule has 15 nitrogen and oxygen atoms in total. The number of likely N-dealkylation sites (N-methyl/N-ethyl adjacent to an activating group) is 1. The van der Waals surface area contributed by atoms with E-state index in [2.05, 4.69) is 43.9 Å². The van der Waals surface area contributed by atoms with Gasteiger partial charge in [0.2, 0.25) is 29.5 Å². The molecule has 2 aromatic rings. The minimum absolute atomic E-state index is 0.0163. The molecular weight excluding hydrogens is 835 g/mol. The summed E-state index contributed by atoms with van der Waals surface area (Å²) in [7, 11) is 1.41. The van der Waals surface area contributed by atoms with Gasteiger partial charge in [0.1, 0.15) is 54.0 Å². The van der Waals surface area contributed by atoms with Crippen LogP contribution in [-0.4, -0.2) is 119 Å². The van der Waals surface area contributed by atoms with Crippen LogP contribution < -0.4 is 21.3 Å². The van der Waals surface area contributed by atoms with Crippen LogP contribution >= 0.6 is 22.6 Å². The van der Waals surface area contributed by atoms with Crippen molar-refractivity contribution >= 4 is 69.8 Å². The van der Waals surface area contributed by atoms with Crippen molar-refractivity contribution < 1.29 is 47.1 Å². The first kappa shape index (κ1) is 41.3. The molecule has 2 unspecified atom stereocenters. The van der Waals surface area contributed by atoms with Gasteiger partial charge in [-0.3, -0.25) is 24.0 Å². The van der Waals surface area contributed by atoms with E-state index in [1.807, 2.05) is 0 Å². The molecule has 3 heterocycles. The number of benzene rings is 2. The molecule has 3 aliphatic heterocycles. The van der Waals surface area contributed by atoms with Crippen molar-refractivity contribution in [1.29, 1.82) is 0 Å². The summed E-state index contributed by atoms with van der Waals surface area (Å²) in [6.07, 6.45) is -0.437. The van der Waals surface area contributed by atoms with Crippen LogP contribution in [0.25, 0.3) is 0 Å². The summed E-state index contributed by atoms with van der Waals surface area (Å²) < 4.78 is 35.2. The first-order chi connectivity index (χ1) is 26.0. The second kappa shape index (κ2) is 17.7. The number of carbonyl (C=O) groups is 7. The van der Waals surface area contributed by atoms with E-state index in [1.165, 1.54) is 42.5 Å². The Morgan fingerprint density at radius 1 is 0.891 bits per heavy atom. The monoisotopic (exact) mass is 879 g/mol. The molecule has 0 saturated carbocycles. The second-order valence-corrected chi connectivity index (χ2v) is 15.2. The van der Waals surface area contributed by atoms with Gasteiger partial charge in [0.05, 0.1) is 0 Å². The van der Waals surface area contributed by atoms with Crippen molar-refractivity contribution in [2.24, 2.45) is 0 Å². The largest absolute Gasteiger partial charge is 0.458 e. The zero-order chi connectivity index (χ0) is 40.1. The fourth-order valence-electron chi connectivity index (χ4n) is 6.98. The Balaban J connectivity index is 1.48. The highest BCUT2D eigenvalue weighted by atomic mass is 127. The predicted octanol–water partition coefficient (Wildman–Crippen LogP) is 2.07. The summed E-state index contributed by atoms with van der Waals surface area (Å²) in [5, 5.41) is 10.3. The van der Waals surface area contributed by atoms with E-state index in [0.717, 1.165) is 15.7 Å². The normalized spacial score (nSPS) is 25.8. The number of fused-ring (bicyclic) bond motifs is 2. The molecule has 2 aromatic carbocycles. The molecule has 0 aromatic heterocycles. The minimum atomic E-state index is -1.62. The van der Waals surface area contributed by atoms with Gasteiger partial charge in [-0.25, -0.2) is 18.4 Å². The highest BCUT2D eigenvalue weighted by Gasteiger charge is 2.45. The van der Waals surface area contributed by atoms with Gasteiger partial charge >= 0.3 is 12.0 Å². The number of rotatable bonds is 6. The van der Waals surface area contributed by atoms with E-state index >= 15 is 0 Å². The van der Waals surface area contributed by atoms with Crippen molar-refractivity contribution in [2.75, 3.05) is 25.5 Å². The third-order valence-electron chi connectivity index (χ3n) is 10.1. The van der Waals surface area contributed by atoms with Crippen LogP contribution in [0.2, 0.25) is 0 Å². The number of hydrogen-bond donors (Lipinski definition) is 4. The van der Waals surface area contributed by atoms with Crippen LogP contribution in [0.5, 0.6) is 0 Å². The van der Waals surface area contributed by atoms with E-state index in [0.29, 0.717) is 24.6 Å². The lowest BCUT2D eigenvalue weighted by atomic mass is 10.0. The van der Waals surface area contributed by atoms with Gasteiger partial charge in [-0.1, -0.05) is 0 Å². The molecule has 0 spiro atoms. The Morgan fingerprint density at radius 3 is 2.13 bits per heavy atom. The lowest BCUT2D eigenvalue weighted by molar-refractivity contribution is -0.162. The van der Waals surface area contributed by atoms with Gasteiger partial charge in [-0.15, -0.1) is 0 Å². The van der Waals surface area contributed by atoms with Gasteiger partial charge in [0, 0.05) is 41.9 Å². The number of ether oxygens (including phenoxy) is 1. The minimum Gasteiger partial charge on any atom is -0.458 e. The topological polar surface area (TPSA) is 187 Å². The van der Waals surface area contributed by atoms with Crippen molar-refractivity contribution in [3.05, 3.63) is 63.2 Å². The van der Waals surface area contributed by atoms with E-state index in [1.54, 1.807) is 24.3 Å². The van der Waals surface area contributed by atoms with Crippen molar-refractivity contribution in [1.82, 2.24) is 30.7 Å². The van der Waals surface area contributed by atoms with Crippen LogP contribution in [0.15, 0.2) is 42.5 Å². The lowest BCUT2D eigenvalue weighted by Gasteiger charge is -2.36. The standard InChI is InChI=1S/C37H44F2IN7O8/c1-19-33(50)47-14-6-8-29(47)36(53)55-21(3)30(35(52)46-13-5-7-28(46)34(51)45(4)20(2)31(48)41-19)44-32(49)27(17-22-15-23(38)18-24(39)16-22)43-37(54)42-26-11-9-25(40)10-12-26/h9-12,15-16,18-21,27-30H,5-8,13-14,17H2,1-4H3,(H,41,48)(H,44,49)(H2,42,43,54)/t19-,20?,21-,27-,28-,29?,30-/m0/s1. The average molecular weight is 880 g/mol. The zero-order valence-electron chi connectivity index (χ0n) is 30.8. The molecule has 7 atom stereocenters. The van der Waals surface area contributed by atoms with E-state index in [4.69, 9.17) is 4.74 Å². The van der Waals surface area contributed by atoms with Crippen molar-refractivity contribution in [2.45, 2.75) is 95.2 Å². The first-order valence-corrected chi connectivity index (χ1v) is 19.1. The van der Waals surface area contributed by atoms with Gasteiger partial charge in [-0.2, -0.15) is 0 Å². The molecule has 18 heteroatoms. The molecular formula is C37H44F2IN7O8. The number of esters is 1. The number of nitrogens with one attached hydrogen (secondary N) is 4. The van der Waals surface area contributed by atoms with Crippen LogP contribution in [0, 0.1) is 15.2 Å². The highest BCUT2D eigenvalue weighted by molar-refractivity contribution is 14.1. The first-order valence-electron chi connectivity index (χ1n) is 18.0. The Hall–Kier alpha value is -4.88. The quantitative estimate of drug-likeness (QED) is 0.251. The number of halogens is 3. The number of nitrogens with zero attached hydrogens (tertiary/aromatic N) is 3. The molecule has 5 rings (SSSR count). The van der Waals surface area contributed by atoms with Gasteiger partial charge in [0.15, 0.2) is 0 Å². The van der Waals surface area contributed by atoms with Crippen LogP contribution in [0.4, 0.5) is 19.3 Å². The maximum atomic E-state index is 14.5. The summed E-state index contributed by atoms with van der Waals surface area (Å²) in [6, 6.07) is 1.25. The maximum Gasteiger partial charge on any atom is 0.329 e. The lowest BCUT2D eigenvalue weighted by Crippen LogP contribution is -2.62. The van der Waals surface area contributed by atoms with Crippen molar-refractivity contribution in [3.8, 4) is 0 Å². The molecule has 3 aliphatic rings. The number of carbonyl (C=O) groups excluding carboxylic acids is 7. The smallest absolute Gasteiger partial charge is 0.329 e. The Morgan fingerprint density at radius 2 is 1.49 bits per heavy atom. The molecule has 3 saturated heterocycles. The molecule has 55 heavy (non-hydrogen) atoms. The molecule has 7 amide bonds. The Labute approximate surface area is 330 Å². The molecule has 0 radical (unpaired) electrons. The summed E-state index contributed by atoms with van der Waals surface area (Å²) >= 11 is 2.09. The third-order valence-corrected chi connectivity index (χ3v) is 10.8. The second-order valence-electron chi connectivity index (χ2n) is 14.0. The van der Waals surface area contributed by atoms with Gasteiger partial charge in [-0.05, 0) is 111 Å². The zero-order valence-corrected chi connectivity index (χ0v) is 32.9. The maximum absolute atomic E-state index is 14.5. The molecule has 0 aliphatic carbocycles. The average Bonchev–Trinajstić information content (AvgIpc) is 3.83. The molecule has 296 valence electrons. The van der Waals surface area contributed by atoms with Gasteiger partial charge < -0.3 is 40.7 Å².